The normalized spacial score (nSPS) is 16.9. The summed E-state index contributed by atoms with van der Waals surface area (Å²) < 4.78 is 11.7. The van der Waals surface area contributed by atoms with Crippen LogP contribution in [0.2, 0.25) is 5.02 Å². The fourth-order valence-electron chi connectivity index (χ4n) is 4.91. The first-order valence-corrected chi connectivity index (χ1v) is 12.3. The molecule has 0 bridgehead atoms. The van der Waals surface area contributed by atoms with Crippen molar-refractivity contribution >= 4 is 17.3 Å². The van der Waals surface area contributed by atoms with E-state index in [-0.39, 0.29) is 11.5 Å². The minimum absolute atomic E-state index is 0.0713. The summed E-state index contributed by atoms with van der Waals surface area (Å²) in [7, 11) is 0. The van der Waals surface area contributed by atoms with Crippen LogP contribution in [0.25, 0.3) is 11.4 Å². The first-order valence-electron chi connectivity index (χ1n) is 11.9. The lowest BCUT2D eigenvalue weighted by Crippen LogP contribution is -2.32. The van der Waals surface area contributed by atoms with E-state index in [9.17, 15) is 4.79 Å². The Labute approximate surface area is 204 Å². The molecule has 1 aromatic heterocycles. The third-order valence-corrected chi connectivity index (χ3v) is 6.75. The summed E-state index contributed by atoms with van der Waals surface area (Å²) in [4.78, 5) is 25.7. The molecule has 1 unspecified atom stereocenters. The fraction of sp³-hybridized carbons (Fsp3) is 0.370. The fourth-order valence-corrected chi connectivity index (χ4v) is 5.04. The molecule has 0 saturated heterocycles. The molecule has 0 amide bonds. The molecule has 1 N–H and O–H groups in total. The Morgan fingerprint density at radius 2 is 1.79 bits per heavy atom. The molecule has 1 aliphatic carbocycles. The standard InChI is InChI=1S/C27H28ClN3O3/c1-3-33-23-14-17-11-12-29-25(20(17)15-24(23)34-4-2)18-7-10-22-21(13-18)27(32)31-26(30-22)16-5-8-19(28)9-6-16/h5-6,8-9,14-15,18H,3-4,7,10-13H2,1-2H3,(H,30,31,32). The smallest absolute Gasteiger partial charge is 0.254 e. The monoisotopic (exact) mass is 477 g/mol. The van der Waals surface area contributed by atoms with E-state index in [1.807, 2.05) is 26.0 Å². The van der Waals surface area contributed by atoms with Gasteiger partial charge < -0.3 is 14.5 Å². The number of benzene rings is 2. The van der Waals surface area contributed by atoms with Crippen molar-refractivity contribution in [2.45, 2.75) is 39.5 Å². The van der Waals surface area contributed by atoms with Crippen molar-refractivity contribution in [2.24, 2.45) is 10.9 Å². The third-order valence-electron chi connectivity index (χ3n) is 6.49. The molecule has 176 valence electrons. The highest BCUT2D eigenvalue weighted by atomic mass is 35.5. The number of ether oxygens (including phenoxy) is 2. The summed E-state index contributed by atoms with van der Waals surface area (Å²) in [5, 5.41) is 0.654. The molecule has 0 radical (unpaired) electrons. The minimum Gasteiger partial charge on any atom is -0.490 e. The van der Waals surface area contributed by atoms with E-state index in [0.717, 1.165) is 65.4 Å². The van der Waals surface area contributed by atoms with Gasteiger partial charge in [0.1, 0.15) is 5.82 Å². The van der Waals surface area contributed by atoms with Gasteiger partial charge in [0, 0.05) is 39.9 Å². The average molecular weight is 478 g/mol. The van der Waals surface area contributed by atoms with E-state index < -0.39 is 0 Å². The summed E-state index contributed by atoms with van der Waals surface area (Å²) in [5.74, 6) is 2.29. The van der Waals surface area contributed by atoms with E-state index in [2.05, 4.69) is 17.1 Å². The lowest BCUT2D eigenvalue weighted by molar-refractivity contribution is 0.287. The van der Waals surface area contributed by atoms with Crippen molar-refractivity contribution in [3.63, 3.8) is 0 Å². The summed E-state index contributed by atoms with van der Waals surface area (Å²) >= 11 is 6.00. The number of hydrogen-bond donors (Lipinski definition) is 1. The molecule has 7 heteroatoms. The van der Waals surface area contributed by atoms with Crippen LogP contribution < -0.4 is 15.0 Å². The van der Waals surface area contributed by atoms with E-state index in [1.54, 1.807) is 12.1 Å². The number of aryl methyl sites for hydroxylation is 1. The van der Waals surface area contributed by atoms with E-state index >= 15 is 0 Å². The van der Waals surface area contributed by atoms with Gasteiger partial charge in [0.2, 0.25) is 0 Å². The quantitative estimate of drug-likeness (QED) is 0.539. The largest absolute Gasteiger partial charge is 0.490 e. The summed E-state index contributed by atoms with van der Waals surface area (Å²) in [6.07, 6.45) is 3.16. The van der Waals surface area contributed by atoms with Gasteiger partial charge in [-0.25, -0.2) is 4.98 Å². The molecular formula is C27H28ClN3O3. The maximum Gasteiger partial charge on any atom is 0.254 e. The molecule has 34 heavy (non-hydrogen) atoms. The molecule has 0 saturated carbocycles. The van der Waals surface area contributed by atoms with Crippen molar-refractivity contribution in [3.05, 3.63) is 74.2 Å². The molecule has 5 rings (SSSR count). The number of hydrogen-bond acceptors (Lipinski definition) is 5. The highest BCUT2D eigenvalue weighted by Crippen LogP contribution is 2.36. The van der Waals surface area contributed by atoms with Crippen molar-refractivity contribution in [1.29, 1.82) is 0 Å². The van der Waals surface area contributed by atoms with Crippen LogP contribution in [0.15, 0.2) is 46.2 Å². The summed E-state index contributed by atoms with van der Waals surface area (Å²) in [6.45, 7) is 5.85. The number of H-pyrrole nitrogens is 1. The first-order chi connectivity index (χ1) is 16.6. The molecule has 6 nitrogen and oxygen atoms in total. The first kappa shape index (κ1) is 22.7. The Hall–Kier alpha value is -3.12. The maximum absolute atomic E-state index is 13.1. The molecule has 2 aromatic carbocycles. The Morgan fingerprint density at radius 1 is 1.06 bits per heavy atom. The average Bonchev–Trinajstić information content (AvgIpc) is 2.84. The van der Waals surface area contributed by atoms with Gasteiger partial charge in [-0.2, -0.15) is 0 Å². The van der Waals surface area contributed by atoms with Gasteiger partial charge in [0.25, 0.3) is 5.56 Å². The number of aromatic nitrogens is 2. The topological polar surface area (TPSA) is 76.6 Å². The van der Waals surface area contributed by atoms with E-state index in [4.69, 9.17) is 31.1 Å². The van der Waals surface area contributed by atoms with Gasteiger partial charge in [0.15, 0.2) is 11.5 Å². The van der Waals surface area contributed by atoms with Crippen molar-refractivity contribution < 1.29 is 9.47 Å². The SMILES string of the molecule is CCOc1cc2c(cc1OCC)C(C1CCc3nc(-c4ccc(Cl)cc4)[nH]c(=O)c3C1)=NCC2. The van der Waals surface area contributed by atoms with Gasteiger partial charge in [-0.3, -0.25) is 9.79 Å². The van der Waals surface area contributed by atoms with Crippen LogP contribution in [-0.4, -0.2) is 35.4 Å². The third kappa shape index (κ3) is 4.34. The Kier molecular flexibility index (Phi) is 6.42. The highest BCUT2D eigenvalue weighted by Gasteiger charge is 2.30. The molecule has 0 fully saturated rings. The Bertz CT molecular complexity index is 1300. The second-order valence-corrected chi connectivity index (χ2v) is 9.06. The van der Waals surface area contributed by atoms with Crippen LogP contribution in [0, 0.1) is 5.92 Å². The van der Waals surface area contributed by atoms with Crippen molar-refractivity contribution in [2.75, 3.05) is 19.8 Å². The van der Waals surface area contributed by atoms with E-state index in [1.165, 1.54) is 5.56 Å². The molecule has 0 spiro atoms. The number of halogens is 1. The number of nitrogens with zero attached hydrogens (tertiary/aromatic N) is 2. The second-order valence-electron chi connectivity index (χ2n) is 8.63. The molecule has 2 aliphatic rings. The van der Waals surface area contributed by atoms with Crippen LogP contribution in [0.4, 0.5) is 0 Å². The Morgan fingerprint density at radius 3 is 2.53 bits per heavy atom. The van der Waals surface area contributed by atoms with Gasteiger partial charge in [0.05, 0.1) is 18.9 Å². The summed E-state index contributed by atoms with van der Waals surface area (Å²) in [6, 6.07) is 11.5. The number of aromatic amines is 1. The molecule has 3 aromatic rings. The van der Waals surface area contributed by atoms with Crippen LogP contribution in [0.3, 0.4) is 0 Å². The van der Waals surface area contributed by atoms with Crippen LogP contribution in [0.1, 0.15) is 42.7 Å². The maximum atomic E-state index is 13.1. The van der Waals surface area contributed by atoms with E-state index in [0.29, 0.717) is 30.5 Å². The van der Waals surface area contributed by atoms with Crippen molar-refractivity contribution in [1.82, 2.24) is 9.97 Å². The number of rotatable bonds is 6. The lowest BCUT2D eigenvalue weighted by Gasteiger charge is -2.29. The number of fused-ring (bicyclic) bond motifs is 2. The van der Waals surface area contributed by atoms with Gasteiger partial charge >= 0.3 is 0 Å². The van der Waals surface area contributed by atoms with Gasteiger partial charge in [-0.15, -0.1) is 0 Å². The summed E-state index contributed by atoms with van der Waals surface area (Å²) in [5.41, 5.74) is 5.84. The minimum atomic E-state index is -0.0713. The Balaban J connectivity index is 1.46. The molecule has 1 atom stereocenters. The molecular weight excluding hydrogens is 450 g/mol. The molecule has 2 heterocycles. The van der Waals surface area contributed by atoms with Crippen LogP contribution in [0.5, 0.6) is 11.5 Å². The number of aliphatic imine (C=N–C) groups is 1. The van der Waals surface area contributed by atoms with Crippen molar-refractivity contribution in [3.8, 4) is 22.9 Å². The zero-order valence-corrected chi connectivity index (χ0v) is 20.2. The van der Waals surface area contributed by atoms with Gasteiger partial charge in [-0.1, -0.05) is 11.6 Å². The lowest BCUT2D eigenvalue weighted by atomic mass is 9.79. The van der Waals surface area contributed by atoms with Crippen LogP contribution in [-0.2, 0) is 19.3 Å². The van der Waals surface area contributed by atoms with Crippen LogP contribution >= 0.6 is 11.6 Å². The zero-order valence-electron chi connectivity index (χ0n) is 19.5. The second kappa shape index (κ2) is 9.63. The van der Waals surface area contributed by atoms with Gasteiger partial charge in [-0.05, 0) is 81.5 Å². The zero-order chi connectivity index (χ0) is 23.7. The highest BCUT2D eigenvalue weighted by molar-refractivity contribution is 6.30. The number of nitrogens with one attached hydrogen (secondary N) is 1. The molecule has 1 aliphatic heterocycles. The predicted molar refractivity (Wildman–Crippen MR) is 135 cm³/mol. The predicted octanol–water partition coefficient (Wildman–Crippen LogP) is 5.04.